The molecule has 0 radical (unpaired) electrons. The molecule has 0 amide bonds. The maximum absolute atomic E-state index is 4.91. The minimum Gasteiger partial charge on any atom is -0.208 e. The van der Waals surface area contributed by atoms with Gasteiger partial charge in [-0.2, -0.15) is 0 Å². The van der Waals surface area contributed by atoms with Crippen LogP contribution in [0.3, 0.4) is 0 Å². The fourth-order valence-electron chi connectivity index (χ4n) is 8.00. The predicted molar refractivity (Wildman–Crippen MR) is 232 cm³/mol. The Morgan fingerprint density at radius 2 is 0.673 bits per heavy atom. The van der Waals surface area contributed by atoms with Gasteiger partial charge < -0.3 is 0 Å². The molecule has 2 aromatic heterocycles. The fraction of sp³-hybridized carbons (Fsp3) is 0. The maximum Gasteiger partial charge on any atom is 0.164 e. The molecule has 9 aromatic carbocycles. The van der Waals surface area contributed by atoms with E-state index >= 15 is 0 Å². The van der Waals surface area contributed by atoms with Crippen LogP contribution < -0.4 is 0 Å². The van der Waals surface area contributed by atoms with Crippen molar-refractivity contribution in [1.82, 2.24) is 15.0 Å². The second-order valence-corrected chi connectivity index (χ2v) is 15.0. The summed E-state index contributed by atoms with van der Waals surface area (Å²) in [6, 6.07) is 66.9. The third-order valence-electron chi connectivity index (χ3n) is 10.7. The van der Waals surface area contributed by atoms with E-state index in [4.69, 9.17) is 15.0 Å². The molecule has 2 heterocycles. The molecule has 256 valence electrons. The van der Waals surface area contributed by atoms with Crippen molar-refractivity contribution < 1.29 is 0 Å². The van der Waals surface area contributed by atoms with Gasteiger partial charge >= 0.3 is 0 Å². The average Bonchev–Trinajstić information content (AvgIpc) is 3.66. The molecular formula is C51H31N3S. The monoisotopic (exact) mass is 717 g/mol. The zero-order chi connectivity index (χ0) is 36.3. The topological polar surface area (TPSA) is 38.7 Å². The van der Waals surface area contributed by atoms with Gasteiger partial charge in [-0.05, 0) is 61.3 Å². The highest BCUT2D eigenvalue weighted by molar-refractivity contribution is 7.26. The molecule has 3 nitrogen and oxygen atoms in total. The summed E-state index contributed by atoms with van der Waals surface area (Å²) in [5.74, 6) is 1.97. The van der Waals surface area contributed by atoms with Crippen LogP contribution in [-0.4, -0.2) is 15.0 Å². The molecule has 0 aliphatic heterocycles. The van der Waals surface area contributed by atoms with Gasteiger partial charge in [-0.1, -0.05) is 176 Å². The predicted octanol–water partition coefficient (Wildman–Crippen LogP) is 14.0. The summed E-state index contributed by atoms with van der Waals surface area (Å²) in [7, 11) is 0. The Hall–Kier alpha value is -7.01. The molecule has 11 aromatic rings. The Balaban J connectivity index is 0.956. The molecule has 0 bridgehead atoms. The molecule has 0 N–H and O–H groups in total. The van der Waals surface area contributed by atoms with Crippen LogP contribution in [-0.2, 0) is 0 Å². The first-order valence-electron chi connectivity index (χ1n) is 18.5. The highest BCUT2D eigenvalue weighted by Crippen LogP contribution is 2.45. The minimum absolute atomic E-state index is 0.652. The highest BCUT2D eigenvalue weighted by atomic mass is 32.1. The molecule has 0 fully saturated rings. The van der Waals surface area contributed by atoms with Crippen LogP contribution in [0.15, 0.2) is 188 Å². The van der Waals surface area contributed by atoms with E-state index in [1.807, 2.05) is 72.0 Å². The Kier molecular flexibility index (Phi) is 7.35. The smallest absolute Gasteiger partial charge is 0.164 e. The number of fused-ring (bicyclic) bond motifs is 10. The first-order chi connectivity index (χ1) is 27.2. The van der Waals surface area contributed by atoms with Crippen molar-refractivity contribution in [3.63, 3.8) is 0 Å². The molecule has 0 atom stereocenters. The number of benzene rings is 9. The van der Waals surface area contributed by atoms with Gasteiger partial charge in [0.2, 0.25) is 0 Å². The van der Waals surface area contributed by atoms with Crippen LogP contribution in [0.1, 0.15) is 0 Å². The Morgan fingerprint density at radius 3 is 1.27 bits per heavy atom. The van der Waals surface area contributed by atoms with E-state index in [2.05, 4.69) is 127 Å². The van der Waals surface area contributed by atoms with E-state index in [1.54, 1.807) is 0 Å². The lowest BCUT2D eigenvalue weighted by Gasteiger charge is -2.13. The van der Waals surface area contributed by atoms with Crippen molar-refractivity contribution in [1.29, 1.82) is 0 Å². The van der Waals surface area contributed by atoms with Crippen LogP contribution in [0, 0.1) is 0 Å². The molecule has 0 saturated heterocycles. The number of rotatable bonds is 5. The number of nitrogens with zero attached hydrogens (tertiary/aromatic N) is 3. The zero-order valence-electron chi connectivity index (χ0n) is 29.6. The molecule has 0 saturated carbocycles. The fourth-order valence-corrected chi connectivity index (χ4v) is 9.27. The van der Waals surface area contributed by atoms with E-state index < -0.39 is 0 Å². The summed E-state index contributed by atoms with van der Waals surface area (Å²) in [5.41, 5.74) is 7.56. The van der Waals surface area contributed by atoms with E-state index in [9.17, 15) is 0 Å². The summed E-state index contributed by atoms with van der Waals surface area (Å²) in [4.78, 5) is 14.7. The molecular weight excluding hydrogens is 687 g/mol. The van der Waals surface area contributed by atoms with Gasteiger partial charge in [-0.3, -0.25) is 0 Å². The highest BCUT2D eigenvalue weighted by Gasteiger charge is 2.16. The Bertz CT molecular complexity index is 3170. The molecule has 4 heteroatoms. The first-order valence-corrected chi connectivity index (χ1v) is 19.3. The van der Waals surface area contributed by atoms with Crippen molar-refractivity contribution >= 4 is 63.8 Å². The molecule has 55 heavy (non-hydrogen) atoms. The van der Waals surface area contributed by atoms with Gasteiger partial charge in [0.05, 0.1) is 0 Å². The van der Waals surface area contributed by atoms with E-state index in [-0.39, 0.29) is 0 Å². The third-order valence-corrected chi connectivity index (χ3v) is 11.9. The van der Waals surface area contributed by atoms with Crippen LogP contribution in [0.4, 0.5) is 0 Å². The molecule has 0 aliphatic carbocycles. The third kappa shape index (κ3) is 5.38. The SMILES string of the molecule is c1ccc(-c2nc(-c3ccccc3)nc(-c3ccc(-c4ccc(-c5ccc6c(c5)c5ccccc5c5ccc7c8ccccc8sc7c56)cc4)cc3)n2)cc1. The molecule has 0 aliphatic rings. The maximum atomic E-state index is 4.91. The average molecular weight is 718 g/mol. The van der Waals surface area contributed by atoms with Crippen molar-refractivity contribution in [2.45, 2.75) is 0 Å². The van der Waals surface area contributed by atoms with Crippen LogP contribution >= 0.6 is 11.3 Å². The van der Waals surface area contributed by atoms with Gasteiger partial charge in [0, 0.05) is 42.2 Å². The molecule has 0 spiro atoms. The summed E-state index contributed by atoms with van der Waals surface area (Å²) in [6.07, 6.45) is 0. The number of hydrogen-bond donors (Lipinski definition) is 0. The van der Waals surface area contributed by atoms with Crippen LogP contribution in [0.2, 0.25) is 0 Å². The van der Waals surface area contributed by atoms with Crippen molar-refractivity contribution in [3.8, 4) is 56.4 Å². The van der Waals surface area contributed by atoms with Crippen molar-refractivity contribution in [2.75, 3.05) is 0 Å². The van der Waals surface area contributed by atoms with E-state index in [1.165, 1.54) is 63.6 Å². The van der Waals surface area contributed by atoms with Gasteiger partial charge in [-0.25, -0.2) is 15.0 Å². The standard InChI is InChI=1S/C51H31N3S/c1-3-11-35(12-4-1)49-52-50(36-13-5-2-6-14-36)54-51(53-49)37-25-23-33(24-26-37)32-19-21-34(22-20-32)38-27-28-43-45(31-38)40-16-8-7-15-39(40)42-29-30-44-41-17-9-10-18-46(41)55-48(44)47(42)43/h1-31H. The number of thiophene rings is 1. The molecule has 11 rings (SSSR count). The lowest BCUT2D eigenvalue weighted by Crippen LogP contribution is -2.00. The normalized spacial score (nSPS) is 11.6. The summed E-state index contributed by atoms with van der Waals surface area (Å²) < 4.78 is 2.69. The van der Waals surface area contributed by atoms with Crippen LogP contribution in [0.5, 0.6) is 0 Å². The van der Waals surface area contributed by atoms with Gasteiger partial charge in [0.1, 0.15) is 0 Å². The van der Waals surface area contributed by atoms with Gasteiger partial charge in [-0.15, -0.1) is 11.3 Å². The molecule has 0 unspecified atom stereocenters. The largest absolute Gasteiger partial charge is 0.208 e. The van der Waals surface area contributed by atoms with Gasteiger partial charge in [0.15, 0.2) is 17.5 Å². The Labute approximate surface area is 321 Å². The van der Waals surface area contributed by atoms with Crippen molar-refractivity contribution in [3.05, 3.63) is 188 Å². The van der Waals surface area contributed by atoms with E-state index in [0.717, 1.165) is 27.8 Å². The number of aromatic nitrogens is 3. The second kappa shape index (κ2) is 12.8. The summed E-state index contributed by atoms with van der Waals surface area (Å²) in [5, 5.41) is 10.5. The van der Waals surface area contributed by atoms with Gasteiger partial charge in [0.25, 0.3) is 0 Å². The number of hydrogen-bond acceptors (Lipinski definition) is 4. The Morgan fingerprint density at radius 1 is 0.273 bits per heavy atom. The van der Waals surface area contributed by atoms with Crippen molar-refractivity contribution in [2.24, 2.45) is 0 Å². The first kappa shape index (κ1) is 31.5. The quantitative estimate of drug-likeness (QED) is 0.166. The summed E-state index contributed by atoms with van der Waals surface area (Å²) in [6.45, 7) is 0. The van der Waals surface area contributed by atoms with Crippen LogP contribution in [0.25, 0.3) is 109 Å². The lowest BCUT2D eigenvalue weighted by atomic mass is 9.91. The minimum atomic E-state index is 0.652. The van der Waals surface area contributed by atoms with E-state index in [0.29, 0.717) is 17.5 Å². The summed E-state index contributed by atoms with van der Waals surface area (Å²) >= 11 is 1.90. The zero-order valence-corrected chi connectivity index (χ0v) is 30.5. The second-order valence-electron chi connectivity index (χ2n) is 14.0. The lowest BCUT2D eigenvalue weighted by molar-refractivity contribution is 1.07.